The maximum Gasteiger partial charge on any atom is 0.296 e. The second kappa shape index (κ2) is 28.7. The van der Waals surface area contributed by atoms with E-state index in [9.17, 15) is 87.4 Å². The van der Waals surface area contributed by atoms with Crippen LogP contribution in [-0.2, 0) is 70.2 Å². The first-order valence-corrected chi connectivity index (χ1v) is 38.5. The fourth-order valence-electron chi connectivity index (χ4n) is 10.6. The summed E-state index contributed by atoms with van der Waals surface area (Å²) < 4.78 is 228. The molecule has 12 rings (SSSR count). The number of carbonyl (C=O) groups excluding carboxylic acids is 2. The number of morpholine rings is 2. The van der Waals surface area contributed by atoms with Gasteiger partial charge in [-0.3, -0.25) is 47.8 Å². The molecule has 0 radical (unpaired) electrons. The van der Waals surface area contributed by atoms with E-state index in [0.29, 0.717) is 0 Å². The highest BCUT2D eigenvalue weighted by molar-refractivity contribution is 7.91. The average Bonchev–Trinajstić information content (AvgIpc) is 0.751. The minimum absolute atomic E-state index is 0.0845. The summed E-state index contributed by atoms with van der Waals surface area (Å²) in [6, 6.07) is 25.7. The largest absolute Gasteiger partial charge is 0.378 e. The molecular weight excluding hydrogens is 1490 g/mol. The van der Waals surface area contributed by atoms with Crippen LogP contribution in [-0.4, -0.2) is 183 Å². The Balaban J connectivity index is 0.860. The number of carbonyl (C=O) groups is 2. The van der Waals surface area contributed by atoms with Gasteiger partial charge in [-0.05, 0) is 107 Å². The highest BCUT2D eigenvalue weighted by Gasteiger charge is 2.38. The predicted octanol–water partition coefficient (Wildman–Crippen LogP) is 5.65. The van der Waals surface area contributed by atoms with Crippen molar-refractivity contribution in [3.63, 3.8) is 0 Å². The predicted molar refractivity (Wildman–Crippen MR) is 376 cm³/mol. The van der Waals surface area contributed by atoms with Crippen LogP contribution in [0, 0.1) is 0 Å². The number of rotatable bonds is 22. The van der Waals surface area contributed by atoms with Gasteiger partial charge in [-0.1, -0.05) is 60.7 Å². The SMILES string of the molecule is O=C1/C(=N/Nc2ccccc2)C(S(=O)(=O)O)=Cc2cc(S(=O)(=O)O)cc(Nc3nc(Nc4ccc(/C=C/c5ccc(Nc6nc(Nc7cc(S(=O)(=O)O)cc8c7C(=O)/C(=N/Nc7ccccc7)C(S(=O)(=O)O)=C8)nc(N7CCOCC7)n6)cc5S(=O)(=O)O)c(S(=O)(=O)O)c4)nc(N4CCOCC4)n3)c21. The Morgan fingerprint density at radius 3 is 1.07 bits per heavy atom. The van der Waals surface area contributed by atoms with Crippen LogP contribution < -0.4 is 41.9 Å². The van der Waals surface area contributed by atoms with Gasteiger partial charge in [-0.25, -0.2) is 0 Å². The van der Waals surface area contributed by atoms with Gasteiger partial charge in [0.2, 0.25) is 47.3 Å². The molecule has 540 valence electrons. The van der Waals surface area contributed by atoms with Crippen LogP contribution in [0.3, 0.4) is 0 Å². The third-order valence-electron chi connectivity index (χ3n) is 15.4. The monoisotopic (exact) mass is 1540 g/mol. The molecule has 6 aromatic carbocycles. The summed E-state index contributed by atoms with van der Waals surface area (Å²) in [6.45, 7) is 1.53. The van der Waals surface area contributed by atoms with Crippen molar-refractivity contribution in [3.05, 3.63) is 165 Å². The van der Waals surface area contributed by atoms with Crippen molar-refractivity contribution in [2.24, 2.45) is 10.2 Å². The number of anilines is 12. The molecule has 2 aliphatic carbocycles. The van der Waals surface area contributed by atoms with Gasteiger partial charge in [0, 0.05) is 37.6 Å². The second-order valence-electron chi connectivity index (χ2n) is 22.4. The molecule has 0 bridgehead atoms. The number of allylic oxidation sites excluding steroid dienone is 2. The quantitative estimate of drug-likeness (QED) is 0.0222. The summed E-state index contributed by atoms with van der Waals surface area (Å²) in [5.41, 5.74) is 0.440. The highest BCUT2D eigenvalue weighted by atomic mass is 32.2. The lowest BCUT2D eigenvalue weighted by Gasteiger charge is -2.27. The lowest BCUT2D eigenvalue weighted by Crippen LogP contribution is -2.37. The fraction of sp³-hybridized carbons (Fsp3) is 0.133. The second-order valence-corrected chi connectivity index (χ2v) is 30.8. The van der Waals surface area contributed by atoms with Crippen LogP contribution in [0.4, 0.5) is 69.8 Å². The number of hydrogen-bond donors (Lipinski definition) is 12. The maximum absolute atomic E-state index is 14.4. The Labute approximate surface area is 589 Å². The normalized spacial score (nSPS) is 16.2. The zero-order valence-corrected chi connectivity index (χ0v) is 57.5. The van der Waals surface area contributed by atoms with Gasteiger partial charge >= 0.3 is 0 Å². The molecule has 0 atom stereocenters. The van der Waals surface area contributed by atoms with Crippen LogP contribution in [0.5, 0.6) is 0 Å². The van der Waals surface area contributed by atoms with E-state index in [1.54, 1.807) is 46.2 Å². The summed E-state index contributed by atoms with van der Waals surface area (Å²) in [5.74, 6) is -4.18. The standard InChI is InChI=1S/C60H52N16O22S6/c77-53-49-35(27-47(103(91,92)93)51(53)73-71-37-7-3-1-4-8-37)25-41(99(79,80)81)31-43(49)63-57-65-55(67-59(69-57)75-17-21-97-22-18-75)61-39-15-13-33(45(29-39)101(85,86)87)11-12-34-14-16-40(30-46(34)102(88,89)90)62-56-66-58(70-60(68-56)76-19-23-98-24-20-76)64-44-32-42(100(82,83)84)26-36-28-48(104(94,95)96)52(54(78)50(36)44)74-72-38-9-5-2-6-10-38/h1-16,25-32,71-72H,17-24H2,(H,79,80,81)(H,82,83,84)(H,85,86,87)(H,88,89,90)(H,91,92,93)(H,94,95,96)(H2,61,63,65,67,69)(H2,62,64,66,68,70)/b12-11+,73-51+,74-52+. The van der Waals surface area contributed by atoms with Crippen LogP contribution in [0.25, 0.3) is 24.3 Å². The molecule has 4 heterocycles. The van der Waals surface area contributed by atoms with Crippen molar-refractivity contribution in [1.29, 1.82) is 0 Å². The van der Waals surface area contributed by atoms with Crippen molar-refractivity contribution >= 4 is 178 Å². The molecule has 2 aromatic heterocycles. The Morgan fingerprint density at radius 2 is 0.740 bits per heavy atom. The third-order valence-corrected chi connectivity index (χ3v) is 20.6. The smallest absolute Gasteiger partial charge is 0.296 e. The average molecular weight is 1540 g/mol. The molecule has 0 saturated carbocycles. The Kier molecular flexibility index (Phi) is 20.1. The van der Waals surface area contributed by atoms with Crippen molar-refractivity contribution in [3.8, 4) is 0 Å². The number of Topliss-reactive ketones (excluding diaryl/α,β-unsaturated/α-hetero) is 2. The van der Waals surface area contributed by atoms with E-state index in [2.05, 4.69) is 72.2 Å². The van der Waals surface area contributed by atoms with E-state index < -0.39 is 159 Å². The van der Waals surface area contributed by atoms with Crippen molar-refractivity contribution in [1.82, 2.24) is 29.9 Å². The van der Waals surface area contributed by atoms with Gasteiger partial charge in [0.1, 0.15) is 19.6 Å². The van der Waals surface area contributed by atoms with Crippen LogP contribution in [0.15, 0.2) is 161 Å². The molecule has 104 heavy (non-hydrogen) atoms. The first kappa shape index (κ1) is 72.8. The number of hydrazone groups is 2. The molecule has 2 saturated heterocycles. The topological polar surface area (TPSA) is 560 Å². The van der Waals surface area contributed by atoms with Crippen molar-refractivity contribution < 1.29 is 96.9 Å². The number of para-hydroxylation sites is 2. The molecule has 0 unspecified atom stereocenters. The Hall–Kier alpha value is -11.0. The van der Waals surface area contributed by atoms with Gasteiger partial charge in [0.05, 0.1) is 70.1 Å². The molecule has 12 N–H and O–H groups in total. The number of ketones is 2. The van der Waals surface area contributed by atoms with E-state index in [1.807, 2.05) is 0 Å². The first-order valence-electron chi connectivity index (χ1n) is 29.8. The van der Waals surface area contributed by atoms with E-state index in [4.69, 9.17) is 9.47 Å². The number of fused-ring (bicyclic) bond motifs is 2. The van der Waals surface area contributed by atoms with Gasteiger partial charge in [0.15, 0.2) is 11.4 Å². The number of hydrogen-bond acceptors (Lipinski definition) is 32. The van der Waals surface area contributed by atoms with Gasteiger partial charge < -0.3 is 40.5 Å². The molecule has 2 fully saturated rings. The zero-order valence-electron chi connectivity index (χ0n) is 52.7. The summed E-state index contributed by atoms with van der Waals surface area (Å²) in [7, 11) is -31.2. The van der Waals surface area contributed by atoms with Gasteiger partial charge in [-0.2, -0.15) is 90.6 Å². The van der Waals surface area contributed by atoms with Crippen molar-refractivity contribution in [2.45, 2.75) is 19.6 Å². The molecule has 44 heteroatoms. The van der Waals surface area contributed by atoms with E-state index in [0.717, 1.165) is 60.7 Å². The molecule has 38 nitrogen and oxygen atoms in total. The molecular formula is C60H52N16O22S6. The van der Waals surface area contributed by atoms with Crippen LogP contribution in [0.2, 0.25) is 0 Å². The number of aromatic nitrogens is 6. The molecule has 8 aromatic rings. The number of benzene rings is 6. The maximum atomic E-state index is 14.4. The number of ether oxygens (including phenoxy) is 2. The van der Waals surface area contributed by atoms with Crippen molar-refractivity contribution in [2.75, 3.05) is 94.5 Å². The van der Waals surface area contributed by atoms with E-state index in [-0.39, 0.29) is 110 Å². The summed E-state index contributed by atoms with van der Waals surface area (Å²) >= 11 is 0. The lowest BCUT2D eigenvalue weighted by molar-refractivity contribution is 0.105. The molecule has 0 spiro atoms. The first-order chi connectivity index (χ1) is 49.1. The minimum atomic E-state index is -5.26. The fourth-order valence-corrected chi connectivity index (χ4v) is 14.5. The van der Waals surface area contributed by atoms with Crippen LogP contribution >= 0.6 is 0 Å². The number of nitrogens with zero attached hydrogens (tertiary/aromatic N) is 10. The summed E-state index contributed by atoms with van der Waals surface area (Å²) in [4.78, 5) is 53.3. The molecule has 4 aliphatic rings. The third kappa shape index (κ3) is 16.7. The van der Waals surface area contributed by atoms with Crippen LogP contribution in [0.1, 0.15) is 43.0 Å². The molecule has 0 amide bonds. The Morgan fingerprint density at radius 1 is 0.394 bits per heavy atom. The lowest BCUT2D eigenvalue weighted by atomic mass is 9.93. The zero-order chi connectivity index (χ0) is 74.3. The van der Waals surface area contributed by atoms with E-state index >= 15 is 0 Å². The Bertz CT molecular complexity index is 5420. The van der Waals surface area contributed by atoms with Gasteiger partial charge in [-0.15, -0.1) is 0 Å². The highest BCUT2D eigenvalue weighted by Crippen LogP contribution is 2.38. The number of nitrogens with one attached hydrogen (secondary N) is 6. The minimum Gasteiger partial charge on any atom is -0.378 e. The summed E-state index contributed by atoms with van der Waals surface area (Å²) in [6.07, 6.45) is 3.65. The van der Waals surface area contributed by atoms with E-state index in [1.165, 1.54) is 48.5 Å². The molecule has 2 aliphatic heterocycles. The van der Waals surface area contributed by atoms with Gasteiger partial charge in [0.25, 0.3) is 60.7 Å². The summed E-state index contributed by atoms with van der Waals surface area (Å²) in [5, 5.41) is 19.0.